The Bertz CT molecular complexity index is 592. The summed E-state index contributed by atoms with van der Waals surface area (Å²) in [5.74, 6) is -0.216. The summed E-state index contributed by atoms with van der Waals surface area (Å²) in [6, 6.07) is 3.08. The van der Waals surface area contributed by atoms with Gasteiger partial charge in [0.2, 0.25) is 0 Å². The third kappa shape index (κ3) is 2.48. The van der Waals surface area contributed by atoms with Gasteiger partial charge in [-0.05, 0) is 42.5 Å². The Labute approximate surface area is 107 Å². The van der Waals surface area contributed by atoms with Crippen molar-refractivity contribution in [1.82, 2.24) is 4.90 Å². The second kappa shape index (κ2) is 4.61. The van der Waals surface area contributed by atoms with Crippen molar-refractivity contribution in [2.45, 2.75) is 24.2 Å². The number of phenolic OH excluding ortho intramolecular Hbond substituents is 1. The highest BCUT2D eigenvalue weighted by Gasteiger charge is 2.22. The Morgan fingerprint density at radius 1 is 1.28 bits per heavy atom. The first-order chi connectivity index (χ1) is 8.40. The fraction of sp³-hybridized carbons (Fsp3) is 0.417. The second-order valence-electron chi connectivity index (χ2n) is 4.60. The van der Waals surface area contributed by atoms with E-state index < -0.39 is 10.0 Å². The molecule has 0 bridgehead atoms. The molecule has 98 valence electrons. The fourth-order valence-corrected chi connectivity index (χ4v) is 3.05. The van der Waals surface area contributed by atoms with Crippen molar-refractivity contribution < 1.29 is 13.5 Å². The highest BCUT2D eigenvalue weighted by atomic mass is 32.2. The largest absolute Gasteiger partial charge is 0.507 e. The van der Waals surface area contributed by atoms with Gasteiger partial charge in [0.1, 0.15) is 17.0 Å². The standard InChI is InChI=1S/C12H16N2O3S/c1-14(2)8-13-18(16,17)12-7-10-5-3-4-9(10)6-11(12)15/h6-8,15H,3-5H2,1-2H3. The number of phenols is 1. The minimum absolute atomic E-state index is 0.110. The van der Waals surface area contributed by atoms with E-state index in [0.29, 0.717) is 0 Å². The molecule has 0 unspecified atom stereocenters. The molecule has 2 rings (SSSR count). The summed E-state index contributed by atoms with van der Waals surface area (Å²) in [5, 5.41) is 9.81. The van der Waals surface area contributed by atoms with E-state index in [1.54, 1.807) is 26.2 Å². The van der Waals surface area contributed by atoms with Gasteiger partial charge in [-0.25, -0.2) is 0 Å². The average molecular weight is 268 g/mol. The Hall–Kier alpha value is -1.56. The summed E-state index contributed by atoms with van der Waals surface area (Å²) in [4.78, 5) is 1.42. The van der Waals surface area contributed by atoms with Crippen LogP contribution >= 0.6 is 0 Å². The topological polar surface area (TPSA) is 70.0 Å². The Kier molecular flexibility index (Phi) is 3.30. The first kappa shape index (κ1) is 12.9. The average Bonchev–Trinajstić information content (AvgIpc) is 2.72. The predicted molar refractivity (Wildman–Crippen MR) is 69.5 cm³/mol. The molecular formula is C12H16N2O3S. The highest BCUT2D eigenvalue weighted by molar-refractivity contribution is 7.90. The van der Waals surface area contributed by atoms with Crippen LogP contribution in [0.2, 0.25) is 0 Å². The van der Waals surface area contributed by atoms with Gasteiger partial charge in [-0.15, -0.1) is 4.40 Å². The van der Waals surface area contributed by atoms with E-state index in [0.717, 1.165) is 30.4 Å². The van der Waals surface area contributed by atoms with E-state index in [1.165, 1.54) is 11.2 Å². The third-order valence-electron chi connectivity index (χ3n) is 2.87. The summed E-state index contributed by atoms with van der Waals surface area (Å²) in [6.07, 6.45) is 3.96. The number of hydrogen-bond donors (Lipinski definition) is 1. The van der Waals surface area contributed by atoms with Crippen LogP contribution in [-0.2, 0) is 22.9 Å². The molecule has 0 saturated carbocycles. The van der Waals surface area contributed by atoms with Gasteiger partial charge in [0.25, 0.3) is 10.0 Å². The lowest BCUT2D eigenvalue weighted by Gasteiger charge is -2.07. The molecule has 0 atom stereocenters. The number of nitrogens with zero attached hydrogens (tertiary/aromatic N) is 2. The molecule has 0 spiro atoms. The van der Waals surface area contributed by atoms with Gasteiger partial charge < -0.3 is 10.0 Å². The number of benzene rings is 1. The molecule has 18 heavy (non-hydrogen) atoms. The monoisotopic (exact) mass is 268 g/mol. The molecule has 1 aliphatic carbocycles. The van der Waals surface area contributed by atoms with Gasteiger partial charge >= 0.3 is 0 Å². The molecular weight excluding hydrogens is 252 g/mol. The van der Waals surface area contributed by atoms with E-state index in [1.807, 2.05) is 0 Å². The maximum atomic E-state index is 12.0. The smallest absolute Gasteiger partial charge is 0.287 e. The van der Waals surface area contributed by atoms with Gasteiger partial charge in [-0.1, -0.05) is 0 Å². The zero-order valence-corrected chi connectivity index (χ0v) is 11.2. The molecule has 0 aromatic heterocycles. The van der Waals surface area contributed by atoms with Crippen molar-refractivity contribution >= 4 is 16.4 Å². The van der Waals surface area contributed by atoms with Crippen molar-refractivity contribution in [3.63, 3.8) is 0 Å². The summed E-state index contributed by atoms with van der Waals surface area (Å²) in [7, 11) is -0.466. The zero-order chi connectivity index (χ0) is 13.3. The molecule has 1 aromatic carbocycles. The number of fused-ring (bicyclic) bond motifs is 1. The Morgan fingerprint density at radius 3 is 2.50 bits per heavy atom. The zero-order valence-electron chi connectivity index (χ0n) is 10.4. The quantitative estimate of drug-likeness (QED) is 0.659. The van der Waals surface area contributed by atoms with Crippen molar-refractivity contribution in [2.75, 3.05) is 14.1 Å². The minimum atomic E-state index is -3.83. The number of aryl methyl sites for hydroxylation is 2. The lowest BCUT2D eigenvalue weighted by molar-refractivity contribution is 0.458. The maximum absolute atomic E-state index is 12.0. The molecule has 0 radical (unpaired) electrons. The summed E-state index contributed by atoms with van der Waals surface area (Å²) in [6.45, 7) is 0. The predicted octanol–water partition coefficient (Wildman–Crippen LogP) is 1.16. The Balaban J connectivity index is 2.45. The maximum Gasteiger partial charge on any atom is 0.287 e. The number of sulfonamides is 1. The molecule has 0 saturated heterocycles. The fourth-order valence-electron chi connectivity index (χ4n) is 2.01. The van der Waals surface area contributed by atoms with E-state index in [4.69, 9.17) is 0 Å². The highest BCUT2D eigenvalue weighted by Crippen LogP contribution is 2.32. The van der Waals surface area contributed by atoms with Crippen LogP contribution in [0.4, 0.5) is 0 Å². The van der Waals surface area contributed by atoms with Crippen LogP contribution in [-0.4, -0.2) is 38.9 Å². The molecule has 1 aromatic rings. The number of rotatable bonds is 3. The molecule has 0 amide bonds. The molecule has 5 nitrogen and oxygen atoms in total. The van der Waals surface area contributed by atoms with Crippen LogP contribution in [0.15, 0.2) is 21.4 Å². The van der Waals surface area contributed by atoms with Crippen LogP contribution in [0.1, 0.15) is 17.5 Å². The molecule has 1 aliphatic rings. The third-order valence-corrected chi connectivity index (χ3v) is 4.12. The van der Waals surface area contributed by atoms with E-state index >= 15 is 0 Å². The van der Waals surface area contributed by atoms with Crippen LogP contribution in [0.25, 0.3) is 0 Å². The van der Waals surface area contributed by atoms with Crippen LogP contribution in [0, 0.1) is 0 Å². The SMILES string of the molecule is CN(C)C=NS(=O)(=O)c1cc2c(cc1O)CCC2. The first-order valence-corrected chi connectivity index (χ1v) is 7.16. The summed E-state index contributed by atoms with van der Waals surface area (Å²) < 4.78 is 27.5. The summed E-state index contributed by atoms with van der Waals surface area (Å²) in [5.41, 5.74) is 2.02. The molecule has 0 fully saturated rings. The molecule has 6 heteroatoms. The lowest BCUT2D eigenvalue weighted by Crippen LogP contribution is -2.10. The summed E-state index contributed by atoms with van der Waals surface area (Å²) >= 11 is 0. The van der Waals surface area contributed by atoms with Crippen molar-refractivity contribution in [1.29, 1.82) is 0 Å². The normalized spacial score (nSPS) is 15.0. The van der Waals surface area contributed by atoms with Gasteiger partial charge in [0.05, 0.1) is 0 Å². The number of aromatic hydroxyl groups is 1. The van der Waals surface area contributed by atoms with E-state index in [-0.39, 0.29) is 10.6 Å². The van der Waals surface area contributed by atoms with Crippen molar-refractivity contribution in [3.05, 3.63) is 23.3 Å². The van der Waals surface area contributed by atoms with Gasteiger partial charge in [-0.3, -0.25) is 0 Å². The van der Waals surface area contributed by atoms with Crippen molar-refractivity contribution in [3.8, 4) is 5.75 Å². The Morgan fingerprint density at radius 2 is 1.89 bits per heavy atom. The van der Waals surface area contributed by atoms with Gasteiger partial charge in [0.15, 0.2) is 0 Å². The van der Waals surface area contributed by atoms with E-state index in [2.05, 4.69) is 4.40 Å². The number of hydrogen-bond acceptors (Lipinski definition) is 3. The lowest BCUT2D eigenvalue weighted by atomic mass is 10.1. The minimum Gasteiger partial charge on any atom is -0.507 e. The van der Waals surface area contributed by atoms with Gasteiger partial charge in [0, 0.05) is 14.1 Å². The van der Waals surface area contributed by atoms with Gasteiger partial charge in [-0.2, -0.15) is 8.42 Å². The second-order valence-corrected chi connectivity index (χ2v) is 6.20. The molecule has 0 aliphatic heterocycles. The van der Waals surface area contributed by atoms with Crippen LogP contribution in [0.3, 0.4) is 0 Å². The molecule has 0 heterocycles. The molecule has 1 N–H and O–H groups in total. The van der Waals surface area contributed by atoms with Crippen LogP contribution < -0.4 is 0 Å². The van der Waals surface area contributed by atoms with Crippen LogP contribution in [0.5, 0.6) is 5.75 Å². The van der Waals surface area contributed by atoms with E-state index in [9.17, 15) is 13.5 Å². The van der Waals surface area contributed by atoms with Crippen molar-refractivity contribution in [2.24, 2.45) is 4.40 Å². The first-order valence-electron chi connectivity index (χ1n) is 5.72.